The van der Waals surface area contributed by atoms with Crippen molar-refractivity contribution in [2.75, 3.05) is 7.11 Å². The van der Waals surface area contributed by atoms with Crippen LogP contribution in [0.25, 0.3) is 22.4 Å². The summed E-state index contributed by atoms with van der Waals surface area (Å²) in [4.78, 5) is 0. The van der Waals surface area contributed by atoms with Gasteiger partial charge in [0.25, 0.3) is 0 Å². The molecular weight excluding hydrogens is 375 g/mol. The van der Waals surface area contributed by atoms with Crippen LogP contribution in [0.2, 0.25) is 0 Å². The Hall–Kier alpha value is -3.29. The number of rotatable bonds is 5. The molecule has 7 nitrogen and oxygen atoms in total. The van der Waals surface area contributed by atoms with Gasteiger partial charge in [-0.3, -0.25) is 0 Å². The maximum Gasteiger partial charge on any atom is 0.233 e. The molecule has 8 heteroatoms. The van der Waals surface area contributed by atoms with Gasteiger partial charge in [0.15, 0.2) is 0 Å². The molecule has 2 heterocycles. The first kappa shape index (κ1) is 19.0. The van der Waals surface area contributed by atoms with Gasteiger partial charge in [0.05, 0.1) is 19.0 Å². The molecule has 0 amide bonds. The molecule has 2 atom stereocenters. The second kappa shape index (κ2) is 8.38. The van der Waals surface area contributed by atoms with Crippen LogP contribution in [0.15, 0.2) is 42.6 Å². The van der Waals surface area contributed by atoms with E-state index in [0.717, 1.165) is 24.0 Å². The van der Waals surface area contributed by atoms with Crippen molar-refractivity contribution in [2.45, 2.75) is 38.0 Å². The Balaban J connectivity index is 1.52. The zero-order valence-electron chi connectivity index (χ0n) is 16.0. The Bertz CT molecular complexity index is 984. The van der Waals surface area contributed by atoms with Crippen molar-refractivity contribution in [3.05, 3.63) is 42.6 Å². The van der Waals surface area contributed by atoms with E-state index in [0.29, 0.717) is 30.0 Å². The van der Waals surface area contributed by atoms with E-state index in [2.05, 4.69) is 20.4 Å². The van der Waals surface area contributed by atoms with Crippen molar-refractivity contribution in [3.63, 3.8) is 0 Å². The highest BCUT2D eigenvalue weighted by Crippen LogP contribution is 2.33. The molecular formula is C21H21FN4O3. The largest absolute Gasteiger partial charge is 0.507 e. The molecule has 0 aliphatic heterocycles. The molecule has 1 saturated carbocycles. The normalized spacial score (nSPS) is 19.0. The molecule has 1 aliphatic rings. The van der Waals surface area contributed by atoms with Gasteiger partial charge in [0.2, 0.25) is 11.8 Å². The van der Waals surface area contributed by atoms with E-state index >= 15 is 0 Å². The van der Waals surface area contributed by atoms with Crippen LogP contribution in [0.3, 0.4) is 0 Å². The van der Waals surface area contributed by atoms with Crippen molar-refractivity contribution in [1.82, 2.24) is 20.4 Å². The monoisotopic (exact) mass is 396 g/mol. The minimum Gasteiger partial charge on any atom is -0.507 e. The first-order chi connectivity index (χ1) is 14.1. The molecule has 0 radical (unpaired) electrons. The van der Waals surface area contributed by atoms with Crippen molar-refractivity contribution in [3.8, 4) is 39.9 Å². The number of ether oxygens (including phenoxy) is 2. The van der Waals surface area contributed by atoms with E-state index in [-0.39, 0.29) is 11.6 Å². The molecule has 0 saturated heterocycles. The summed E-state index contributed by atoms with van der Waals surface area (Å²) in [6.45, 7) is 0. The first-order valence-corrected chi connectivity index (χ1v) is 9.49. The Kier molecular flexibility index (Phi) is 5.50. The molecule has 4 rings (SSSR count). The predicted octanol–water partition coefficient (Wildman–Crippen LogP) is 3.97. The molecule has 29 heavy (non-hydrogen) atoms. The zero-order chi connectivity index (χ0) is 20.2. The third kappa shape index (κ3) is 4.26. The Morgan fingerprint density at radius 3 is 2.55 bits per heavy atom. The third-order valence-corrected chi connectivity index (χ3v) is 4.98. The molecule has 1 aliphatic carbocycles. The lowest BCUT2D eigenvalue weighted by Gasteiger charge is -2.25. The van der Waals surface area contributed by atoms with Gasteiger partial charge in [-0.05, 0) is 43.0 Å². The number of phenols is 1. The average Bonchev–Trinajstić information content (AvgIpc) is 2.76. The van der Waals surface area contributed by atoms with E-state index in [4.69, 9.17) is 9.47 Å². The zero-order valence-corrected chi connectivity index (χ0v) is 16.0. The summed E-state index contributed by atoms with van der Waals surface area (Å²) >= 11 is 0. The summed E-state index contributed by atoms with van der Waals surface area (Å²) in [6, 6.07) is 10.3. The number of aromatic hydroxyl groups is 1. The van der Waals surface area contributed by atoms with Crippen LogP contribution in [-0.2, 0) is 0 Å². The van der Waals surface area contributed by atoms with Gasteiger partial charge in [0, 0.05) is 23.3 Å². The second-order valence-electron chi connectivity index (χ2n) is 6.93. The highest BCUT2D eigenvalue weighted by atomic mass is 19.1. The minimum atomic E-state index is -0.969. The third-order valence-electron chi connectivity index (χ3n) is 4.98. The number of nitrogens with zero attached hydrogens (tertiary/aromatic N) is 4. The van der Waals surface area contributed by atoms with Gasteiger partial charge in [-0.25, -0.2) is 4.39 Å². The number of hydrogen-bond donors (Lipinski definition) is 1. The average molecular weight is 396 g/mol. The van der Waals surface area contributed by atoms with Gasteiger partial charge < -0.3 is 14.6 Å². The van der Waals surface area contributed by atoms with Crippen LogP contribution < -0.4 is 9.47 Å². The van der Waals surface area contributed by atoms with E-state index in [1.807, 2.05) is 6.07 Å². The quantitative estimate of drug-likeness (QED) is 0.698. The molecule has 3 aromatic rings. The molecule has 1 fully saturated rings. The molecule has 1 aromatic carbocycles. The fourth-order valence-corrected chi connectivity index (χ4v) is 3.40. The van der Waals surface area contributed by atoms with Gasteiger partial charge in [0.1, 0.15) is 18.0 Å². The Morgan fingerprint density at radius 1 is 0.966 bits per heavy atom. The van der Waals surface area contributed by atoms with Crippen molar-refractivity contribution in [2.24, 2.45) is 0 Å². The fraction of sp³-hybridized carbons (Fsp3) is 0.333. The van der Waals surface area contributed by atoms with Crippen molar-refractivity contribution < 1.29 is 19.0 Å². The van der Waals surface area contributed by atoms with Crippen molar-refractivity contribution in [1.29, 1.82) is 0 Å². The summed E-state index contributed by atoms with van der Waals surface area (Å²) < 4.78 is 24.7. The van der Waals surface area contributed by atoms with Gasteiger partial charge >= 0.3 is 0 Å². The number of methoxy groups -OCH3 is 1. The SMILES string of the molecule is COc1cc(-c2ccc(-c3ccc(O[C@H]4CCCC[C@H]4F)nn3)c(O)c2)cnn1. The van der Waals surface area contributed by atoms with E-state index in [1.54, 1.807) is 36.5 Å². The smallest absolute Gasteiger partial charge is 0.233 e. The van der Waals surface area contributed by atoms with Gasteiger partial charge in [-0.15, -0.1) is 15.3 Å². The van der Waals surface area contributed by atoms with Crippen LogP contribution in [0.5, 0.6) is 17.5 Å². The molecule has 0 spiro atoms. The highest BCUT2D eigenvalue weighted by Gasteiger charge is 2.26. The van der Waals surface area contributed by atoms with E-state index < -0.39 is 12.3 Å². The second-order valence-corrected chi connectivity index (χ2v) is 6.93. The summed E-state index contributed by atoms with van der Waals surface area (Å²) in [5, 5.41) is 26.4. The number of halogens is 1. The van der Waals surface area contributed by atoms with E-state index in [9.17, 15) is 9.50 Å². The van der Waals surface area contributed by atoms with Crippen molar-refractivity contribution >= 4 is 0 Å². The summed E-state index contributed by atoms with van der Waals surface area (Å²) in [5.41, 5.74) is 2.55. The topological polar surface area (TPSA) is 90.2 Å². The number of benzene rings is 1. The molecule has 0 bridgehead atoms. The number of phenolic OH excluding ortho intramolecular Hbond substituents is 1. The molecule has 2 aromatic heterocycles. The lowest BCUT2D eigenvalue weighted by atomic mass is 9.96. The Labute approximate surface area is 167 Å². The Morgan fingerprint density at radius 2 is 1.83 bits per heavy atom. The summed E-state index contributed by atoms with van der Waals surface area (Å²) in [7, 11) is 1.52. The number of alkyl halides is 1. The van der Waals surface area contributed by atoms with Gasteiger partial charge in [-0.2, -0.15) is 5.10 Å². The van der Waals surface area contributed by atoms with Crippen LogP contribution in [0.4, 0.5) is 4.39 Å². The van der Waals surface area contributed by atoms with E-state index in [1.165, 1.54) is 7.11 Å². The fourth-order valence-electron chi connectivity index (χ4n) is 3.40. The number of hydrogen-bond acceptors (Lipinski definition) is 7. The van der Waals surface area contributed by atoms with Crippen LogP contribution >= 0.6 is 0 Å². The van der Waals surface area contributed by atoms with Crippen LogP contribution in [-0.4, -0.2) is 44.9 Å². The summed E-state index contributed by atoms with van der Waals surface area (Å²) in [6.07, 6.45) is 3.20. The predicted molar refractivity (Wildman–Crippen MR) is 104 cm³/mol. The molecule has 0 unspecified atom stereocenters. The molecule has 1 N–H and O–H groups in total. The van der Waals surface area contributed by atoms with Crippen LogP contribution in [0.1, 0.15) is 25.7 Å². The maximum atomic E-state index is 13.9. The standard InChI is InChI=1S/C21H21FN4O3/c1-28-21-11-14(12-23-25-21)13-6-7-15(18(27)10-13)17-8-9-20(26-24-17)29-19-5-3-2-4-16(19)22/h6-12,16,19,27H,2-5H2,1H3/t16-,19+/m1/s1. The molecule has 150 valence electrons. The maximum absolute atomic E-state index is 13.9. The first-order valence-electron chi connectivity index (χ1n) is 9.49. The minimum absolute atomic E-state index is 0.0531. The lowest BCUT2D eigenvalue weighted by molar-refractivity contribution is 0.0594. The number of aromatic nitrogens is 4. The van der Waals surface area contributed by atoms with Crippen LogP contribution in [0, 0.1) is 0 Å². The van der Waals surface area contributed by atoms with Gasteiger partial charge in [-0.1, -0.05) is 12.5 Å². The lowest BCUT2D eigenvalue weighted by Crippen LogP contribution is -2.32. The summed E-state index contributed by atoms with van der Waals surface area (Å²) in [5.74, 6) is 0.729. The highest BCUT2D eigenvalue weighted by molar-refractivity contribution is 5.74.